The molecule has 0 saturated heterocycles. The Hall–Kier alpha value is 0.0300. The number of rotatable bonds is 4. The molecule has 0 N–H and O–H groups in total. The van der Waals surface area contributed by atoms with E-state index in [-0.39, 0.29) is 5.38 Å². The SMILES string of the molecule is CCC(CC)CC1=CC(Cl)CC(C)(C)C1. The number of hydrogen-bond acceptors (Lipinski definition) is 0. The lowest BCUT2D eigenvalue weighted by Crippen LogP contribution is -2.23. The molecule has 0 aromatic heterocycles. The van der Waals surface area contributed by atoms with E-state index in [2.05, 4.69) is 33.8 Å². The maximum atomic E-state index is 6.29. The summed E-state index contributed by atoms with van der Waals surface area (Å²) in [5.41, 5.74) is 2.00. The molecule has 88 valence electrons. The number of allylic oxidation sites excluding steroid dienone is 2. The summed E-state index contributed by atoms with van der Waals surface area (Å²) in [5, 5.41) is 0.262. The van der Waals surface area contributed by atoms with Crippen LogP contribution in [-0.4, -0.2) is 5.38 Å². The van der Waals surface area contributed by atoms with E-state index in [1.165, 1.54) is 25.7 Å². The van der Waals surface area contributed by atoms with Gasteiger partial charge in [-0.05, 0) is 30.6 Å². The summed E-state index contributed by atoms with van der Waals surface area (Å²) in [4.78, 5) is 0. The van der Waals surface area contributed by atoms with E-state index in [0.29, 0.717) is 5.41 Å². The van der Waals surface area contributed by atoms with Crippen LogP contribution in [-0.2, 0) is 0 Å². The van der Waals surface area contributed by atoms with Crippen LogP contribution >= 0.6 is 11.6 Å². The summed E-state index contributed by atoms with van der Waals surface area (Å²) in [7, 11) is 0. The van der Waals surface area contributed by atoms with Gasteiger partial charge in [-0.25, -0.2) is 0 Å². The predicted octanol–water partition coefficient (Wildman–Crippen LogP) is 5.17. The quantitative estimate of drug-likeness (QED) is 0.460. The summed E-state index contributed by atoms with van der Waals surface area (Å²) >= 11 is 6.29. The van der Waals surface area contributed by atoms with Crippen LogP contribution in [0.15, 0.2) is 11.6 Å². The molecule has 0 aliphatic heterocycles. The van der Waals surface area contributed by atoms with Crippen molar-refractivity contribution in [3.8, 4) is 0 Å². The van der Waals surface area contributed by atoms with Crippen molar-refractivity contribution in [2.24, 2.45) is 11.3 Å². The molecule has 1 atom stereocenters. The van der Waals surface area contributed by atoms with Gasteiger partial charge in [0.1, 0.15) is 0 Å². The molecular weight excluding hydrogens is 204 g/mol. The van der Waals surface area contributed by atoms with Gasteiger partial charge >= 0.3 is 0 Å². The Balaban J connectivity index is 2.61. The molecule has 0 radical (unpaired) electrons. The van der Waals surface area contributed by atoms with Gasteiger partial charge in [0.15, 0.2) is 0 Å². The Morgan fingerprint density at radius 2 is 2.00 bits per heavy atom. The van der Waals surface area contributed by atoms with Crippen LogP contribution in [0.5, 0.6) is 0 Å². The highest BCUT2D eigenvalue weighted by Crippen LogP contribution is 2.39. The van der Waals surface area contributed by atoms with Gasteiger partial charge in [0.25, 0.3) is 0 Å². The molecule has 1 heteroatoms. The Morgan fingerprint density at radius 1 is 1.40 bits per heavy atom. The van der Waals surface area contributed by atoms with Crippen molar-refractivity contribution in [2.75, 3.05) is 0 Å². The minimum atomic E-state index is 0.262. The Bertz CT molecular complexity index is 223. The van der Waals surface area contributed by atoms with Crippen molar-refractivity contribution in [3.05, 3.63) is 11.6 Å². The minimum Gasteiger partial charge on any atom is -0.118 e. The Morgan fingerprint density at radius 3 is 2.47 bits per heavy atom. The predicted molar refractivity (Wildman–Crippen MR) is 69.4 cm³/mol. The molecule has 0 spiro atoms. The summed E-state index contributed by atoms with van der Waals surface area (Å²) < 4.78 is 0. The molecule has 0 heterocycles. The highest BCUT2D eigenvalue weighted by Gasteiger charge is 2.28. The van der Waals surface area contributed by atoms with Crippen molar-refractivity contribution in [2.45, 2.75) is 65.2 Å². The van der Waals surface area contributed by atoms with E-state index in [1.54, 1.807) is 5.57 Å². The van der Waals surface area contributed by atoms with E-state index in [1.807, 2.05) is 0 Å². The molecule has 15 heavy (non-hydrogen) atoms. The topological polar surface area (TPSA) is 0 Å². The van der Waals surface area contributed by atoms with Crippen molar-refractivity contribution in [3.63, 3.8) is 0 Å². The van der Waals surface area contributed by atoms with Crippen LogP contribution in [0.3, 0.4) is 0 Å². The fourth-order valence-corrected chi connectivity index (χ4v) is 3.27. The fourth-order valence-electron chi connectivity index (χ4n) is 2.68. The van der Waals surface area contributed by atoms with E-state index in [4.69, 9.17) is 11.6 Å². The zero-order chi connectivity index (χ0) is 11.5. The second-order valence-corrected chi connectivity index (χ2v) is 6.33. The molecule has 1 aliphatic rings. The Kier molecular flexibility index (Phi) is 4.70. The van der Waals surface area contributed by atoms with Gasteiger partial charge in [-0.3, -0.25) is 0 Å². The first-order chi connectivity index (χ1) is 6.96. The number of alkyl halides is 1. The third-order valence-electron chi connectivity index (χ3n) is 3.58. The van der Waals surface area contributed by atoms with Gasteiger partial charge < -0.3 is 0 Å². The highest BCUT2D eigenvalue weighted by molar-refractivity contribution is 6.21. The summed E-state index contributed by atoms with van der Waals surface area (Å²) in [6.07, 6.45) is 8.53. The summed E-state index contributed by atoms with van der Waals surface area (Å²) in [5.74, 6) is 0.856. The number of halogens is 1. The molecular formula is C14H25Cl. The summed E-state index contributed by atoms with van der Waals surface area (Å²) in [6, 6.07) is 0. The van der Waals surface area contributed by atoms with Gasteiger partial charge in [-0.15, -0.1) is 11.6 Å². The zero-order valence-corrected chi connectivity index (χ0v) is 11.4. The Labute approximate surface area is 100 Å². The fraction of sp³-hybridized carbons (Fsp3) is 0.857. The average molecular weight is 229 g/mol. The third kappa shape index (κ3) is 4.18. The maximum Gasteiger partial charge on any atom is 0.0523 e. The largest absolute Gasteiger partial charge is 0.118 e. The maximum absolute atomic E-state index is 6.29. The van der Waals surface area contributed by atoms with Crippen molar-refractivity contribution in [1.29, 1.82) is 0 Å². The van der Waals surface area contributed by atoms with Crippen LogP contribution in [0.4, 0.5) is 0 Å². The lowest BCUT2D eigenvalue weighted by atomic mass is 9.75. The monoisotopic (exact) mass is 228 g/mol. The second-order valence-electron chi connectivity index (χ2n) is 5.77. The van der Waals surface area contributed by atoms with E-state index in [9.17, 15) is 0 Å². The second kappa shape index (κ2) is 5.39. The third-order valence-corrected chi connectivity index (χ3v) is 3.86. The van der Waals surface area contributed by atoms with Crippen molar-refractivity contribution in [1.82, 2.24) is 0 Å². The van der Waals surface area contributed by atoms with Crippen LogP contribution in [0.2, 0.25) is 0 Å². The molecule has 1 aliphatic carbocycles. The number of hydrogen-bond donors (Lipinski definition) is 0. The molecule has 0 amide bonds. The van der Waals surface area contributed by atoms with Gasteiger partial charge in [-0.1, -0.05) is 52.2 Å². The van der Waals surface area contributed by atoms with Gasteiger partial charge in [0, 0.05) is 0 Å². The molecule has 0 aromatic rings. The van der Waals surface area contributed by atoms with E-state index < -0.39 is 0 Å². The van der Waals surface area contributed by atoms with Crippen LogP contribution in [0.1, 0.15) is 59.8 Å². The van der Waals surface area contributed by atoms with Gasteiger partial charge in [0.05, 0.1) is 5.38 Å². The van der Waals surface area contributed by atoms with E-state index in [0.717, 1.165) is 12.3 Å². The van der Waals surface area contributed by atoms with Crippen molar-refractivity contribution < 1.29 is 0 Å². The lowest BCUT2D eigenvalue weighted by molar-refractivity contribution is 0.310. The molecule has 0 aromatic carbocycles. The standard InChI is InChI=1S/C14H25Cl/c1-5-11(6-2)7-12-8-13(15)10-14(3,4)9-12/h8,11,13H,5-7,9-10H2,1-4H3. The first kappa shape index (κ1) is 13.1. The van der Waals surface area contributed by atoms with E-state index >= 15 is 0 Å². The molecule has 1 rings (SSSR count). The molecule has 0 nitrogen and oxygen atoms in total. The first-order valence-corrected chi connectivity index (χ1v) is 6.74. The first-order valence-electron chi connectivity index (χ1n) is 6.30. The van der Waals surface area contributed by atoms with Crippen LogP contribution < -0.4 is 0 Å². The van der Waals surface area contributed by atoms with Gasteiger partial charge in [0.2, 0.25) is 0 Å². The molecule has 0 saturated carbocycles. The normalized spacial score (nSPS) is 25.5. The average Bonchev–Trinajstić information content (AvgIpc) is 2.10. The highest BCUT2D eigenvalue weighted by atomic mass is 35.5. The molecule has 1 unspecified atom stereocenters. The summed E-state index contributed by atoms with van der Waals surface area (Å²) in [6.45, 7) is 9.26. The lowest BCUT2D eigenvalue weighted by Gasteiger charge is -2.33. The minimum absolute atomic E-state index is 0.262. The van der Waals surface area contributed by atoms with Gasteiger partial charge in [-0.2, -0.15) is 0 Å². The molecule has 0 bridgehead atoms. The van der Waals surface area contributed by atoms with Crippen LogP contribution in [0.25, 0.3) is 0 Å². The van der Waals surface area contributed by atoms with Crippen molar-refractivity contribution >= 4 is 11.6 Å². The zero-order valence-electron chi connectivity index (χ0n) is 10.6. The van der Waals surface area contributed by atoms with Crippen LogP contribution in [0, 0.1) is 11.3 Å². The molecule has 0 fully saturated rings. The smallest absolute Gasteiger partial charge is 0.0523 e.